The molecule has 8 atom stereocenters. The molecular formula is C89H91F11Ir4N8O8-4. The van der Waals surface area contributed by atoms with E-state index in [2.05, 4.69) is 64.1 Å². The number of aryl methyl sites for hydroxylation is 4. The van der Waals surface area contributed by atoms with Crippen LogP contribution in [0.2, 0.25) is 0 Å². The second-order valence-electron chi connectivity index (χ2n) is 27.0. The van der Waals surface area contributed by atoms with Gasteiger partial charge in [0.25, 0.3) is 0 Å². The van der Waals surface area contributed by atoms with Crippen molar-refractivity contribution in [2.75, 3.05) is 0 Å². The monoisotopic (exact) mass is 2380 g/mol. The van der Waals surface area contributed by atoms with Crippen molar-refractivity contribution in [3.8, 4) is 90.1 Å². The Hall–Kier alpha value is -8.41. The Labute approximate surface area is 745 Å². The third-order valence-corrected chi connectivity index (χ3v) is 15.9. The molecule has 0 saturated heterocycles. The van der Waals surface area contributed by atoms with Gasteiger partial charge in [0.15, 0.2) is 0 Å². The molecule has 0 aliphatic carbocycles. The van der Waals surface area contributed by atoms with Crippen molar-refractivity contribution in [2.45, 2.75) is 164 Å². The molecule has 4 radical (unpaired) electrons. The van der Waals surface area contributed by atoms with Gasteiger partial charge >= 0.3 is 6.18 Å². The standard InChI is InChI=1S/C19H14F3N2.C18H13F2N2.C16H7F4N2.C16H9F2N2.4C5H12O2.4Ir/c1-12-4-3-5-13(2)18(12)17-10-16(23-11-24-17)14-6-8-15(9-7-14)19(20,21)22;1-11-4-3-5-12(2)18(11)17-9-16(21-10-22-17)14-7-6-13(19)8-15(14)20;17-9-1-3-11(13(19)5-9)15-7-16(22-8-21-15)12-4-2-10(18)6-14(12)20;17-13-5-1-11(2-6-13)15-9-16(20-10-19-15)12-3-7-14(18)8-4-12;4*1-4(6)3-5(2)7;;;;/h3-6,8-11H,1-2H3;3-6,8-10H,1-2H3;1-3,5-8H;1-3,5-10H;4*4-7H,3H2,1-2H3;;;;/q4*-1;;;;;;;;. The van der Waals surface area contributed by atoms with E-state index in [0.717, 1.165) is 93.4 Å². The second-order valence-corrected chi connectivity index (χ2v) is 27.0. The van der Waals surface area contributed by atoms with Gasteiger partial charge in [-0.25, -0.2) is 33.1 Å². The molecule has 0 fully saturated rings. The summed E-state index contributed by atoms with van der Waals surface area (Å²) < 4.78 is 144. The van der Waals surface area contributed by atoms with Crippen molar-refractivity contribution < 1.29 is 170 Å². The van der Waals surface area contributed by atoms with Gasteiger partial charge in [-0.3, -0.25) is 41.9 Å². The molecule has 652 valence electrons. The van der Waals surface area contributed by atoms with Crippen molar-refractivity contribution >= 4 is 0 Å². The molecular weight excluding hydrogens is 2290 g/mol. The van der Waals surface area contributed by atoms with Crippen LogP contribution in [0.25, 0.3) is 90.1 Å². The summed E-state index contributed by atoms with van der Waals surface area (Å²) in [5.41, 5.74) is 11.6. The van der Waals surface area contributed by atoms with Crippen LogP contribution in [-0.4, -0.2) is 130 Å². The van der Waals surface area contributed by atoms with Gasteiger partial charge < -0.3 is 40.9 Å². The molecule has 12 aromatic rings. The SMILES string of the molecule is CC(O)CC(C)O.CC(O)CC(C)O.CC(O)CC(C)O.CC(O)CC(C)O.Cc1cccc(C)c1-c1cc(-c2[c-]cc(C(F)(F)F)cc2)ncn1.Cc1cccc(C)c1-c1cc(-c2[c-]cc(F)cc2F)ncn1.Fc1c[c-]c(-c2cc(-c3ccc(F)cc3)ncn2)cc1.Fc1c[c-]c(-c2cc(-c3ccc(F)cc3F)ncn2)c(F)c1.[Ir].[Ir].[Ir].[Ir]. The van der Waals surface area contributed by atoms with E-state index < -0.39 is 46.6 Å². The van der Waals surface area contributed by atoms with Gasteiger partial charge in [-0.1, -0.05) is 83.9 Å². The predicted octanol–water partition coefficient (Wildman–Crippen LogP) is 18.4. The summed E-state index contributed by atoms with van der Waals surface area (Å²) in [6.45, 7) is 21.3. The first-order valence-corrected chi connectivity index (χ1v) is 36.3. The normalized spacial score (nSPS) is 12.4. The maximum atomic E-state index is 13.9. The molecule has 0 aliphatic rings. The fourth-order valence-electron chi connectivity index (χ4n) is 10.9. The van der Waals surface area contributed by atoms with Crippen LogP contribution in [0.3, 0.4) is 0 Å². The number of aliphatic hydroxyl groups excluding tert-OH is 8. The zero-order valence-electron chi connectivity index (χ0n) is 67.0. The predicted molar refractivity (Wildman–Crippen MR) is 422 cm³/mol. The quantitative estimate of drug-likeness (QED) is 0.0330. The van der Waals surface area contributed by atoms with Crippen molar-refractivity contribution in [2.24, 2.45) is 0 Å². The van der Waals surface area contributed by atoms with Gasteiger partial charge in [0.1, 0.15) is 42.8 Å². The number of benzene rings is 8. The summed E-state index contributed by atoms with van der Waals surface area (Å²) >= 11 is 0. The van der Waals surface area contributed by atoms with E-state index in [1.54, 1.807) is 91.8 Å². The van der Waals surface area contributed by atoms with Crippen LogP contribution in [0.15, 0.2) is 189 Å². The number of halogens is 11. The molecule has 120 heavy (non-hydrogen) atoms. The van der Waals surface area contributed by atoms with Gasteiger partial charge in [0.05, 0.1) is 71.6 Å². The molecule has 12 rings (SSSR count). The Bertz CT molecular complexity index is 4760. The maximum absolute atomic E-state index is 13.9. The van der Waals surface area contributed by atoms with Crippen LogP contribution in [0, 0.1) is 98.5 Å². The third-order valence-electron chi connectivity index (χ3n) is 15.9. The minimum atomic E-state index is -4.37. The summed E-state index contributed by atoms with van der Waals surface area (Å²) in [6, 6.07) is 49.2. The van der Waals surface area contributed by atoms with Gasteiger partial charge in [-0.05, 0) is 201 Å². The molecule has 8 N–H and O–H groups in total. The zero-order chi connectivity index (χ0) is 86.1. The minimum Gasteiger partial charge on any atom is -0.393 e. The summed E-state index contributed by atoms with van der Waals surface area (Å²) in [5.74, 6) is -5.11. The van der Waals surface area contributed by atoms with Gasteiger partial charge in [-0.15, -0.1) is 83.9 Å². The van der Waals surface area contributed by atoms with E-state index >= 15 is 0 Å². The number of nitrogens with zero attached hydrogens (tertiary/aromatic N) is 8. The van der Waals surface area contributed by atoms with Crippen LogP contribution >= 0.6 is 0 Å². The number of hydrogen-bond acceptors (Lipinski definition) is 16. The van der Waals surface area contributed by atoms with Crippen LogP contribution in [0.4, 0.5) is 48.3 Å². The molecule has 0 saturated carbocycles. The molecule has 31 heteroatoms. The average molecular weight is 2380 g/mol. The van der Waals surface area contributed by atoms with Crippen molar-refractivity contribution in [1.29, 1.82) is 0 Å². The Morgan fingerprint density at radius 1 is 0.300 bits per heavy atom. The molecule has 8 aromatic carbocycles. The first-order valence-electron chi connectivity index (χ1n) is 36.3. The van der Waals surface area contributed by atoms with E-state index in [1.807, 2.05) is 64.1 Å². The van der Waals surface area contributed by atoms with Gasteiger partial charge in [-0.2, -0.15) is 13.2 Å². The first kappa shape index (κ1) is 110. The topological polar surface area (TPSA) is 265 Å². The number of hydrogen-bond donors (Lipinski definition) is 8. The Balaban J connectivity index is 0.000000716. The third kappa shape index (κ3) is 38.8. The van der Waals surface area contributed by atoms with Crippen molar-refractivity contribution in [3.05, 3.63) is 288 Å². The second kappa shape index (κ2) is 54.9. The van der Waals surface area contributed by atoms with Crippen LogP contribution in [0.1, 0.15) is 109 Å². The fraction of sp³-hybridized carbons (Fsp3) is 0.281. The molecule has 4 aromatic heterocycles. The van der Waals surface area contributed by atoms with E-state index in [-0.39, 0.29) is 169 Å². The Morgan fingerprint density at radius 2 is 0.600 bits per heavy atom. The van der Waals surface area contributed by atoms with Crippen LogP contribution < -0.4 is 0 Å². The summed E-state index contributed by atoms with van der Waals surface area (Å²) in [7, 11) is 0. The molecule has 16 nitrogen and oxygen atoms in total. The summed E-state index contributed by atoms with van der Waals surface area (Å²) in [5, 5.41) is 68.5. The zero-order valence-corrected chi connectivity index (χ0v) is 76.6. The Kier molecular flexibility index (Phi) is 50.1. The maximum Gasteiger partial charge on any atom is 0.381 e. The van der Waals surface area contributed by atoms with E-state index in [9.17, 15) is 48.3 Å². The number of rotatable bonds is 16. The molecule has 4 heterocycles. The Morgan fingerprint density at radius 3 is 0.933 bits per heavy atom. The number of aromatic nitrogens is 8. The van der Waals surface area contributed by atoms with E-state index in [1.165, 1.54) is 61.4 Å². The summed E-state index contributed by atoms with van der Waals surface area (Å²) in [6.07, 6.45) is -0.144. The van der Waals surface area contributed by atoms with Gasteiger partial charge in [0.2, 0.25) is 0 Å². The largest absolute Gasteiger partial charge is 0.393 e. The molecule has 0 spiro atoms. The fourth-order valence-corrected chi connectivity index (χ4v) is 10.9. The first-order chi connectivity index (χ1) is 54.7. The van der Waals surface area contributed by atoms with Crippen molar-refractivity contribution in [3.63, 3.8) is 0 Å². The molecule has 8 unspecified atom stereocenters. The van der Waals surface area contributed by atoms with E-state index in [0.29, 0.717) is 71.3 Å². The van der Waals surface area contributed by atoms with E-state index in [4.69, 9.17) is 40.9 Å². The van der Waals surface area contributed by atoms with Crippen molar-refractivity contribution in [1.82, 2.24) is 39.9 Å². The molecule has 0 amide bonds. The smallest absolute Gasteiger partial charge is 0.381 e. The summed E-state index contributed by atoms with van der Waals surface area (Å²) in [4.78, 5) is 32.9. The molecule has 0 bridgehead atoms. The van der Waals surface area contributed by atoms with Crippen LogP contribution in [-0.2, 0) is 86.6 Å². The molecule has 0 aliphatic heterocycles. The number of aliphatic hydroxyl groups is 8. The number of alkyl halides is 3. The van der Waals surface area contributed by atoms with Gasteiger partial charge in [0, 0.05) is 132 Å². The average Bonchev–Trinajstić information content (AvgIpc) is 0.832. The minimum absolute atomic E-state index is 0. The van der Waals surface area contributed by atoms with Crippen LogP contribution in [0.5, 0.6) is 0 Å².